The maximum Gasteiger partial charge on any atom is 0.346 e. The molecule has 3 heterocycles. The summed E-state index contributed by atoms with van der Waals surface area (Å²) in [6, 6.07) is 11.6. The van der Waals surface area contributed by atoms with Crippen molar-refractivity contribution in [3.05, 3.63) is 69.2 Å². The Kier molecular flexibility index (Phi) is 4.68. The van der Waals surface area contributed by atoms with E-state index in [1.807, 2.05) is 32.0 Å². The maximum atomic E-state index is 14.8. The Morgan fingerprint density at radius 2 is 1.94 bits per heavy atom. The number of carboxylic acids is 1. The van der Waals surface area contributed by atoms with Crippen LogP contribution in [-0.2, 0) is 15.0 Å². The van der Waals surface area contributed by atoms with Gasteiger partial charge >= 0.3 is 5.97 Å². The third-order valence-electron chi connectivity index (χ3n) is 6.50. The number of fused-ring (bicyclic) bond motifs is 4. The molecule has 168 valence electrons. The molecule has 2 aliphatic heterocycles. The molecule has 1 aromatic heterocycles. The molecule has 0 saturated carbocycles. The monoisotopic (exact) mass is 464 g/mol. The predicted molar refractivity (Wildman–Crippen MR) is 125 cm³/mol. The number of amides is 2. The molecule has 0 radical (unpaired) electrons. The number of rotatable bonds is 3. The van der Waals surface area contributed by atoms with Gasteiger partial charge < -0.3 is 15.3 Å². The molecule has 2 N–H and O–H groups in total. The molecule has 2 aliphatic rings. The van der Waals surface area contributed by atoms with E-state index in [4.69, 9.17) is 0 Å². The van der Waals surface area contributed by atoms with E-state index < -0.39 is 23.1 Å². The number of carboxylic acid groups (broad SMARTS) is 1. The molecular formula is C25H21FN2O4S. The van der Waals surface area contributed by atoms with Gasteiger partial charge in [0.15, 0.2) is 0 Å². The van der Waals surface area contributed by atoms with Gasteiger partial charge in [-0.3, -0.25) is 9.59 Å². The van der Waals surface area contributed by atoms with Crippen LogP contribution < -0.4 is 10.2 Å². The van der Waals surface area contributed by atoms with E-state index in [9.17, 15) is 23.9 Å². The van der Waals surface area contributed by atoms with Crippen LogP contribution in [0.5, 0.6) is 0 Å². The van der Waals surface area contributed by atoms with Gasteiger partial charge in [0.25, 0.3) is 0 Å². The minimum Gasteiger partial charge on any atom is -0.477 e. The lowest BCUT2D eigenvalue weighted by Gasteiger charge is -2.32. The van der Waals surface area contributed by atoms with E-state index >= 15 is 0 Å². The van der Waals surface area contributed by atoms with Crippen molar-refractivity contribution in [2.24, 2.45) is 0 Å². The second-order valence-corrected chi connectivity index (χ2v) is 9.74. The number of aromatic carboxylic acids is 1. The van der Waals surface area contributed by atoms with Gasteiger partial charge in [0.1, 0.15) is 16.1 Å². The van der Waals surface area contributed by atoms with Crippen LogP contribution in [0.25, 0.3) is 11.1 Å². The van der Waals surface area contributed by atoms with Gasteiger partial charge in [0.05, 0.1) is 17.0 Å². The van der Waals surface area contributed by atoms with E-state index in [1.165, 1.54) is 23.1 Å². The SMILES string of the molecule is CC(C)c1ccc2c(c1)[C@]1(CC(=O)Nc3c1sc(C(=O)O)c3-c1ccccc1F)C(=O)N2C. The first-order valence-corrected chi connectivity index (χ1v) is 11.4. The van der Waals surface area contributed by atoms with Gasteiger partial charge in [0.2, 0.25) is 11.8 Å². The van der Waals surface area contributed by atoms with Crippen molar-refractivity contribution in [2.45, 2.75) is 31.6 Å². The highest BCUT2D eigenvalue weighted by atomic mass is 32.1. The molecule has 5 rings (SSSR count). The van der Waals surface area contributed by atoms with Crippen molar-refractivity contribution in [1.82, 2.24) is 0 Å². The van der Waals surface area contributed by atoms with Crippen LogP contribution in [0.4, 0.5) is 15.8 Å². The molecular weight excluding hydrogens is 443 g/mol. The van der Waals surface area contributed by atoms with Crippen molar-refractivity contribution < 1.29 is 23.9 Å². The van der Waals surface area contributed by atoms with Crippen LogP contribution in [0.3, 0.4) is 0 Å². The lowest BCUT2D eigenvalue weighted by Crippen LogP contribution is -2.45. The summed E-state index contributed by atoms with van der Waals surface area (Å²) in [5.74, 6) is -2.37. The second kappa shape index (κ2) is 7.25. The zero-order valence-electron chi connectivity index (χ0n) is 18.2. The highest BCUT2D eigenvalue weighted by Crippen LogP contribution is 2.57. The van der Waals surface area contributed by atoms with E-state index in [0.29, 0.717) is 16.1 Å². The Morgan fingerprint density at radius 1 is 1.21 bits per heavy atom. The number of hydrogen-bond acceptors (Lipinski definition) is 4. The van der Waals surface area contributed by atoms with Crippen molar-refractivity contribution in [3.8, 4) is 11.1 Å². The predicted octanol–water partition coefficient (Wildman–Crippen LogP) is 4.98. The summed E-state index contributed by atoms with van der Waals surface area (Å²) in [7, 11) is 1.65. The fourth-order valence-corrected chi connectivity index (χ4v) is 6.18. The fraction of sp³-hybridized carbons (Fsp3) is 0.240. The lowest BCUT2D eigenvalue weighted by atomic mass is 9.73. The second-order valence-electron chi connectivity index (χ2n) is 8.72. The molecule has 8 heteroatoms. The first kappa shape index (κ1) is 21.3. The van der Waals surface area contributed by atoms with Gasteiger partial charge in [-0.05, 0) is 29.2 Å². The normalized spacial score (nSPS) is 19.1. The molecule has 3 aromatic rings. The summed E-state index contributed by atoms with van der Waals surface area (Å²) in [5.41, 5.74) is 1.37. The fourth-order valence-electron chi connectivity index (χ4n) is 4.88. The largest absolute Gasteiger partial charge is 0.477 e. The summed E-state index contributed by atoms with van der Waals surface area (Å²) < 4.78 is 14.8. The Balaban J connectivity index is 1.87. The van der Waals surface area contributed by atoms with Crippen LogP contribution in [-0.4, -0.2) is 29.9 Å². The minimum absolute atomic E-state index is 0.0692. The Labute approximate surface area is 193 Å². The number of benzene rings is 2. The number of halogens is 1. The number of carbonyl (C=O) groups is 3. The Hall–Kier alpha value is -3.52. The molecule has 0 fully saturated rings. The third-order valence-corrected chi connectivity index (χ3v) is 7.84. The molecule has 6 nitrogen and oxygen atoms in total. The zero-order chi connectivity index (χ0) is 23.7. The van der Waals surface area contributed by atoms with Gasteiger partial charge in [-0.1, -0.05) is 44.2 Å². The minimum atomic E-state index is -1.36. The highest BCUT2D eigenvalue weighted by molar-refractivity contribution is 7.15. The van der Waals surface area contributed by atoms with Gasteiger partial charge in [-0.15, -0.1) is 11.3 Å². The Bertz CT molecular complexity index is 1360. The smallest absolute Gasteiger partial charge is 0.346 e. The van der Waals surface area contributed by atoms with E-state index in [1.54, 1.807) is 13.1 Å². The third kappa shape index (κ3) is 2.87. The van der Waals surface area contributed by atoms with Crippen LogP contribution in [0.2, 0.25) is 0 Å². The van der Waals surface area contributed by atoms with Crippen molar-refractivity contribution >= 4 is 40.5 Å². The number of nitrogens with zero attached hydrogens (tertiary/aromatic N) is 1. The van der Waals surface area contributed by atoms with Crippen molar-refractivity contribution in [2.75, 3.05) is 17.3 Å². The van der Waals surface area contributed by atoms with Gasteiger partial charge in [-0.25, -0.2) is 9.18 Å². The summed E-state index contributed by atoms with van der Waals surface area (Å²) in [6.45, 7) is 4.08. The number of thiophene rings is 1. The average Bonchev–Trinajstić information content (AvgIpc) is 3.25. The van der Waals surface area contributed by atoms with Crippen LogP contribution in [0.1, 0.15) is 51.9 Å². The number of likely N-dealkylation sites (N-methyl/N-ethyl adjacent to an activating group) is 1. The van der Waals surface area contributed by atoms with E-state index in [-0.39, 0.29) is 39.9 Å². The van der Waals surface area contributed by atoms with Crippen molar-refractivity contribution in [1.29, 1.82) is 0 Å². The number of hydrogen-bond donors (Lipinski definition) is 2. The van der Waals surface area contributed by atoms with E-state index in [2.05, 4.69) is 5.32 Å². The molecule has 1 atom stereocenters. The molecule has 0 bridgehead atoms. The number of nitrogens with one attached hydrogen (secondary N) is 1. The van der Waals surface area contributed by atoms with Crippen LogP contribution in [0.15, 0.2) is 42.5 Å². The molecule has 1 spiro atoms. The lowest BCUT2D eigenvalue weighted by molar-refractivity contribution is -0.126. The summed E-state index contributed by atoms with van der Waals surface area (Å²) in [4.78, 5) is 40.8. The van der Waals surface area contributed by atoms with Gasteiger partial charge in [0, 0.05) is 23.9 Å². The van der Waals surface area contributed by atoms with Crippen LogP contribution >= 0.6 is 11.3 Å². The molecule has 0 unspecified atom stereocenters. The van der Waals surface area contributed by atoms with E-state index in [0.717, 1.165) is 16.9 Å². The van der Waals surface area contributed by atoms with Crippen molar-refractivity contribution in [3.63, 3.8) is 0 Å². The van der Waals surface area contributed by atoms with Crippen LogP contribution in [0, 0.1) is 5.82 Å². The first-order chi connectivity index (χ1) is 15.7. The number of anilines is 2. The molecule has 2 aromatic carbocycles. The summed E-state index contributed by atoms with van der Waals surface area (Å²) in [5, 5.41) is 12.7. The quantitative estimate of drug-likeness (QED) is 0.572. The molecule has 0 saturated heterocycles. The highest BCUT2D eigenvalue weighted by Gasteiger charge is 2.57. The molecule has 0 aliphatic carbocycles. The van der Waals surface area contributed by atoms with Gasteiger partial charge in [-0.2, -0.15) is 0 Å². The Morgan fingerprint density at radius 3 is 2.61 bits per heavy atom. The molecule has 33 heavy (non-hydrogen) atoms. The first-order valence-electron chi connectivity index (χ1n) is 10.5. The maximum absolute atomic E-state index is 14.8. The summed E-state index contributed by atoms with van der Waals surface area (Å²) >= 11 is 0.927. The number of carbonyl (C=O) groups excluding carboxylic acids is 2. The zero-order valence-corrected chi connectivity index (χ0v) is 19.0. The molecule has 2 amide bonds. The topological polar surface area (TPSA) is 86.7 Å². The standard InChI is InChI=1S/C25H21FN2O4S/c1-12(2)13-8-9-17-15(10-13)25(24(32)28(17)3)11-18(29)27-20-19(14-6-4-5-7-16(14)26)21(23(30)31)33-22(20)25/h4-10,12H,11H2,1-3H3,(H,27,29)(H,30,31)/t25-/m0/s1. The summed E-state index contributed by atoms with van der Waals surface area (Å²) in [6.07, 6.45) is -0.145. The average molecular weight is 465 g/mol.